The summed E-state index contributed by atoms with van der Waals surface area (Å²) >= 11 is 4.92. The molecule has 0 amide bonds. The topological polar surface area (TPSA) is 61.6 Å². The lowest BCUT2D eigenvalue weighted by molar-refractivity contribution is -0.384. The molecule has 2 aromatic carbocycles. The molecule has 0 saturated carbocycles. The van der Waals surface area contributed by atoms with E-state index in [0.29, 0.717) is 11.5 Å². The molecule has 0 aliphatic heterocycles. The predicted octanol–water partition coefficient (Wildman–Crippen LogP) is 3.34. The van der Waals surface area contributed by atoms with E-state index < -0.39 is 4.92 Å². The van der Waals surface area contributed by atoms with Gasteiger partial charge >= 0.3 is 5.24 Å². The highest BCUT2D eigenvalue weighted by Crippen LogP contribution is 2.18. The van der Waals surface area contributed by atoms with Gasteiger partial charge in [-0.3, -0.25) is 10.1 Å². The molecule has 0 aliphatic carbocycles. The minimum absolute atomic E-state index is 0.0118. The van der Waals surface area contributed by atoms with Crippen molar-refractivity contribution in [2.24, 2.45) is 0 Å². The van der Waals surface area contributed by atoms with Crippen molar-refractivity contribution in [2.45, 2.75) is 0 Å². The average molecular weight is 275 g/mol. The fourth-order valence-electron chi connectivity index (χ4n) is 1.34. The highest BCUT2D eigenvalue weighted by atomic mass is 32.1. The molecule has 0 unspecified atom stereocenters. The lowest BCUT2D eigenvalue weighted by Gasteiger charge is -2.07. The summed E-state index contributed by atoms with van der Waals surface area (Å²) in [5.41, 5.74) is -0.0118. The number of nitro groups is 1. The predicted molar refractivity (Wildman–Crippen MR) is 73.4 cm³/mol. The minimum Gasteiger partial charge on any atom is -0.417 e. The number of hydrogen-bond donors (Lipinski definition) is 0. The average Bonchev–Trinajstić information content (AvgIpc) is 2.40. The van der Waals surface area contributed by atoms with E-state index in [1.54, 1.807) is 12.1 Å². The van der Waals surface area contributed by atoms with Crippen molar-refractivity contribution in [1.29, 1.82) is 0 Å². The van der Waals surface area contributed by atoms with Crippen LogP contribution in [0.4, 0.5) is 5.69 Å². The molecule has 6 heteroatoms. The van der Waals surface area contributed by atoms with Crippen molar-refractivity contribution in [3.05, 3.63) is 64.7 Å². The Kier molecular flexibility index (Phi) is 4.04. The lowest BCUT2D eigenvalue weighted by atomic mass is 10.3. The highest BCUT2D eigenvalue weighted by molar-refractivity contribution is 7.79. The Morgan fingerprint density at radius 2 is 1.47 bits per heavy atom. The van der Waals surface area contributed by atoms with Gasteiger partial charge in [-0.1, -0.05) is 18.2 Å². The summed E-state index contributed by atoms with van der Waals surface area (Å²) in [4.78, 5) is 10.0. The second kappa shape index (κ2) is 5.92. The monoisotopic (exact) mass is 275 g/mol. The van der Waals surface area contributed by atoms with Crippen LogP contribution in [0.25, 0.3) is 0 Å². The van der Waals surface area contributed by atoms with Gasteiger partial charge < -0.3 is 9.47 Å². The van der Waals surface area contributed by atoms with Gasteiger partial charge in [-0.25, -0.2) is 0 Å². The third-order valence-electron chi connectivity index (χ3n) is 2.19. The van der Waals surface area contributed by atoms with Gasteiger partial charge in [-0.2, -0.15) is 0 Å². The van der Waals surface area contributed by atoms with E-state index in [2.05, 4.69) is 0 Å². The maximum atomic E-state index is 10.5. The molecule has 0 bridgehead atoms. The Balaban J connectivity index is 1.97. The molecule has 0 aliphatic rings. The molecule has 0 saturated heterocycles. The fraction of sp³-hybridized carbons (Fsp3) is 0. The van der Waals surface area contributed by atoms with Gasteiger partial charge in [0.05, 0.1) is 4.92 Å². The van der Waals surface area contributed by atoms with Gasteiger partial charge in [0.1, 0.15) is 11.5 Å². The Bertz CT molecular complexity index is 583. The molecular formula is C13H9NO4S. The zero-order valence-corrected chi connectivity index (χ0v) is 10.5. The van der Waals surface area contributed by atoms with Crippen molar-refractivity contribution in [3.8, 4) is 11.5 Å². The van der Waals surface area contributed by atoms with Crippen molar-refractivity contribution in [3.63, 3.8) is 0 Å². The lowest BCUT2D eigenvalue weighted by Crippen LogP contribution is -2.13. The van der Waals surface area contributed by atoms with Crippen molar-refractivity contribution < 1.29 is 14.4 Å². The van der Waals surface area contributed by atoms with Crippen LogP contribution in [0.2, 0.25) is 0 Å². The number of ether oxygens (including phenoxy) is 2. The van der Waals surface area contributed by atoms with Gasteiger partial charge in [0.2, 0.25) is 0 Å². The molecule has 0 atom stereocenters. The number of para-hydroxylation sites is 1. The van der Waals surface area contributed by atoms with Crippen LogP contribution in [0.5, 0.6) is 11.5 Å². The second-order valence-corrected chi connectivity index (χ2v) is 3.85. The van der Waals surface area contributed by atoms with Crippen molar-refractivity contribution in [1.82, 2.24) is 0 Å². The van der Waals surface area contributed by atoms with E-state index in [1.165, 1.54) is 24.3 Å². The van der Waals surface area contributed by atoms with Gasteiger partial charge in [0, 0.05) is 24.4 Å². The molecule has 2 aromatic rings. The summed E-state index contributed by atoms with van der Waals surface area (Å²) in [5, 5.41) is 10.4. The van der Waals surface area contributed by atoms with E-state index in [0.717, 1.165) is 0 Å². The first-order valence-electron chi connectivity index (χ1n) is 5.34. The van der Waals surface area contributed by atoms with E-state index in [1.807, 2.05) is 18.2 Å². The van der Waals surface area contributed by atoms with Crippen molar-refractivity contribution >= 4 is 23.1 Å². The van der Waals surface area contributed by atoms with Crippen LogP contribution >= 0.6 is 12.2 Å². The van der Waals surface area contributed by atoms with E-state index in [9.17, 15) is 10.1 Å². The van der Waals surface area contributed by atoms with Gasteiger partial charge in [-0.05, 0) is 24.3 Å². The minimum atomic E-state index is -0.484. The molecule has 0 heterocycles. The van der Waals surface area contributed by atoms with Crippen LogP contribution < -0.4 is 9.47 Å². The fourth-order valence-corrected chi connectivity index (χ4v) is 1.53. The maximum Gasteiger partial charge on any atom is 0.363 e. The quantitative estimate of drug-likeness (QED) is 0.488. The van der Waals surface area contributed by atoms with E-state index >= 15 is 0 Å². The Hall–Kier alpha value is -2.47. The Labute approximate surface area is 114 Å². The highest BCUT2D eigenvalue weighted by Gasteiger charge is 2.07. The number of nitrogens with zero attached hydrogens (tertiary/aromatic N) is 1. The molecule has 0 spiro atoms. The van der Waals surface area contributed by atoms with Crippen LogP contribution in [-0.2, 0) is 0 Å². The van der Waals surface area contributed by atoms with Crippen LogP contribution in [0.1, 0.15) is 0 Å². The van der Waals surface area contributed by atoms with Crippen LogP contribution in [-0.4, -0.2) is 10.2 Å². The molecule has 0 N–H and O–H groups in total. The molecule has 5 nitrogen and oxygen atoms in total. The Morgan fingerprint density at radius 1 is 0.947 bits per heavy atom. The number of nitro benzene ring substituents is 1. The van der Waals surface area contributed by atoms with Crippen LogP contribution in [0.15, 0.2) is 54.6 Å². The van der Waals surface area contributed by atoms with Gasteiger partial charge in [-0.15, -0.1) is 0 Å². The molecule has 19 heavy (non-hydrogen) atoms. The van der Waals surface area contributed by atoms with Gasteiger partial charge in [0.25, 0.3) is 5.69 Å². The number of non-ortho nitro benzene ring substituents is 1. The van der Waals surface area contributed by atoms with Crippen LogP contribution in [0.3, 0.4) is 0 Å². The number of hydrogen-bond acceptors (Lipinski definition) is 5. The summed E-state index contributed by atoms with van der Waals surface area (Å²) in [5.74, 6) is 0.945. The normalized spacial score (nSPS) is 9.68. The summed E-state index contributed by atoms with van der Waals surface area (Å²) < 4.78 is 10.5. The summed E-state index contributed by atoms with van der Waals surface area (Å²) in [6.07, 6.45) is 0. The van der Waals surface area contributed by atoms with Crippen LogP contribution in [0, 0.1) is 10.1 Å². The largest absolute Gasteiger partial charge is 0.417 e. The number of rotatable bonds is 3. The van der Waals surface area contributed by atoms with E-state index in [-0.39, 0.29) is 10.9 Å². The van der Waals surface area contributed by atoms with Gasteiger partial charge in [0.15, 0.2) is 0 Å². The smallest absolute Gasteiger partial charge is 0.363 e. The van der Waals surface area contributed by atoms with Crippen molar-refractivity contribution in [2.75, 3.05) is 0 Å². The zero-order chi connectivity index (χ0) is 13.7. The first-order chi connectivity index (χ1) is 9.15. The molecule has 0 fully saturated rings. The SMILES string of the molecule is O=[N+]([O-])c1ccc(OC(=S)Oc2ccccc2)cc1. The Morgan fingerprint density at radius 3 is 2.00 bits per heavy atom. The third-order valence-corrected chi connectivity index (χ3v) is 2.36. The first-order valence-corrected chi connectivity index (χ1v) is 5.75. The zero-order valence-electron chi connectivity index (χ0n) is 9.68. The molecule has 96 valence electrons. The standard InChI is InChI=1S/C13H9NO4S/c15-14(16)10-6-8-12(9-7-10)18-13(19)17-11-4-2-1-3-5-11/h1-9H. The molecule has 0 aromatic heterocycles. The van der Waals surface area contributed by atoms with E-state index in [4.69, 9.17) is 21.7 Å². The summed E-state index contributed by atoms with van der Waals surface area (Å²) in [6, 6.07) is 14.5. The second-order valence-electron chi connectivity index (χ2n) is 3.52. The first kappa shape index (κ1) is 13.0. The number of benzene rings is 2. The summed E-state index contributed by atoms with van der Waals surface area (Å²) in [6.45, 7) is 0. The molecule has 2 rings (SSSR count). The molecule has 0 radical (unpaired) electrons. The maximum absolute atomic E-state index is 10.5. The summed E-state index contributed by atoms with van der Waals surface area (Å²) in [7, 11) is 0. The third kappa shape index (κ3) is 3.75. The molecular weight excluding hydrogens is 266 g/mol. The number of thiocarbonyl (C=S) groups is 1.